The highest BCUT2D eigenvalue weighted by atomic mass is 31.2. The van der Waals surface area contributed by atoms with Crippen molar-refractivity contribution in [3.63, 3.8) is 0 Å². The van der Waals surface area contributed by atoms with E-state index in [0.717, 1.165) is 0 Å². The van der Waals surface area contributed by atoms with Gasteiger partial charge in [0.2, 0.25) is 0 Å². The molecule has 0 aliphatic carbocycles. The Kier molecular flexibility index (Phi) is 2.86. The summed E-state index contributed by atoms with van der Waals surface area (Å²) in [5.74, 6) is 0. The minimum atomic E-state index is -3.14. The minimum absolute atomic E-state index is 0.701. The highest BCUT2D eigenvalue weighted by Crippen LogP contribution is 2.29. The summed E-state index contributed by atoms with van der Waals surface area (Å²) >= 11 is 0. The third kappa shape index (κ3) is 6.45. The Morgan fingerprint density at radius 2 is 2.00 bits per heavy atom. The van der Waals surface area contributed by atoms with Crippen molar-refractivity contribution in [2.24, 2.45) is 0 Å². The van der Waals surface area contributed by atoms with Crippen molar-refractivity contribution < 1.29 is 9.14 Å². The molecule has 0 spiro atoms. The van der Waals surface area contributed by atoms with E-state index >= 15 is 0 Å². The van der Waals surface area contributed by atoms with Crippen LogP contribution in [-0.2, 0) is 9.14 Å². The molecule has 0 aromatic rings. The molecular weight excluding hydrogens is 106 g/mol. The molecule has 0 saturated heterocycles. The summed E-state index contributed by atoms with van der Waals surface area (Å²) in [6.07, 6.45) is 0. The molecule has 0 aliphatic rings. The fourth-order valence-corrected chi connectivity index (χ4v) is 0.285. The first-order valence-electron chi connectivity index (χ1n) is 1.43. The van der Waals surface area contributed by atoms with Gasteiger partial charge >= 0.3 is 7.20 Å². The van der Waals surface area contributed by atoms with Crippen LogP contribution in [0.3, 0.4) is 0 Å². The van der Waals surface area contributed by atoms with Crippen LogP contribution >= 0.6 is 6.78 Å². The van der Waals surface area contributed by atoms with Gasteiger partial charge in [-0.15, -0.1) is 0 Å². The lowest BCUT2D eigenvalue weighted by molar-refractivity contribution is 0.594. The summed E-state index contributed by atoms with van der Waals surface area (Å²) in [6.45, 7) is -3.14. The summed E-state index contributed by atoms with van der Waals surface area (Å²) in [7, 11) is 14.6. The van der Waals surface area contributed by atoms with Crippen molar-refractivity contribution in [3.05, 3.63) is 0 Å². The first-order valence-corrected chi connectivity index (χ1v) is 3.34. The topological polar surface area (TPSA) is 26.3 Å². The number of hydrogen-bond donors (Lipinski definition) is 0. The summed E-state index contributed by atoms with van der Waals surface area (Å²) < 4.78 is 13.9. The fraction of sp³-hybridized carbons (Fsp3) is 0. The van der Waals surface area contributed by atoms with Gasteiger partial charge < -0.3 is 9.14 Å². The van der Waals surface area contributed by atoms with Crippen LogP contribution < -0.4 is 0 Å². The van der Waals surface area contributed by atoms with Crippen LogP contribution in [0.1, 0.15) is 0 Å². The Balaban J connectivity index is 3.36. The van der Waals surface area contributed by atoms with Gasteiger partial charge in [0.1, 0.15) is 15.1 Å². The molecule has 0 amide bonds. The maximum Gasteiger partial charge on any atom is 0.328 e. The van der Waals surface area contributed by atoms with Crippen LogP contribution in [0.5, 0.6) is 0 Å². The second-order valence-corrected chi connectivity index (χ2v) is 2.74. The van der Waals surface area contributed by atoms with Gasteiger partial charge in [0.15, 0.2) is 0 Å². The highest BCUT2D eigenvalue weighted by molar-refractivity contribution is 8.23. The lowest BCUT2D eigenvalue weighted by Gasteiger charge is -1.99. The van der Waals surface area contributed by atoms with Gasteiger partial charge in [-0.25, -0.2) is 0 Å². The maximum absolute atomic E-state index is 10.1. The Bertz CT molecular complexity index is 83.7. The van der Waals surface area contributed by atoms with E-state index in [4.69, 9.17) is 15.1 Å². The molecule has 0 unspecified atom stereocenters. The maximum atomic E-state index is 10.1. The zero-order chi connectivity index (χ0) is 5.91. The molecule has 7 heteroatoms. The monoisotopic (exact) mass is 107 g/mol. The predicted octanol–water partition coefficient (Wildman–Crippen LogP) is -0.849. The van der Waals surface area contributed by atoms with E-state index in [9.17, 15) is 4.57 Å². The van der Waals surface area contributed by atoms with Crippen LogP contribution in [0.2, 0.25) is 0 Å². The largest absolute Gasteiger partial charge is 0.505 e. The quantitative estimate of drug-likeness (QED) is 0.338. The van der Waals surface area contributed by atoms with Crippen molar-refractivity contribution in [1.29, 1.82) is 0 Å². The van der Waals surface area contributed by atoms with Gasteiger partial charge in [-0.2, -0.15) is 0 Å². The summed E-state index contributed by atoms with van der Waals surface area (Å²) in [6, 6.07) is 0. The van der Waals surface area contributed by atoms with E-state index < -0.39 is 6.78 Å². The molecule has 7 radical (unpaired) electrons. The van der Waals surface area contributed by atoms with E-state index in [1.807, 2.05) is 0 Å². The highest BCUT2D eigenvalue weighted by Gasteiger charge is 2.06. The lowest BCUT2D eigenvalue weighted by atomic mass is 10.4. The number of hydrogen-bond acceptors (Lipinski definition) is 2. The first kappa shape index (κ1) is 7.45. The molecule has 7 heavy (non-hydrogen) atoms. The standard InChI is InChI=1S/B4O2P/c1-6-4-7(2,3)5. The molecule has 0 aromatic heterocycles. The molecule has 2 nitrogen and oxygen atoms in total. The van der Waals surface area contributed by atoms with Crippen molar-refractivity contribution in [2.75, 3.05) is 0 Å². The molecule has 0 fully saturated rings. The second-order valence-electron chi connectivity index (χ2n) is 1.00. The fourth-order valence-electron chi connectivity index (χ4n) is 0.0951. The average Bonchev–Trinajstić information content (AvgIpc) is 1.30. The van der Waals surface area contributed by atoms with E-state index in [1.165, 1.54) is 0 Å². The van der Waals surface area contributed by atoms with Gasteiger partial charge in [0.25, 0.3) is 8.05 Å². The van der Waals surface area contributed by atoms with Crippen LogP contribution in [0.25, 0.3) is 0 Å². The first-order chi connectivity index (χ1) is 3.06. The normalized spacial score (nSPS) is 10.9. The molecule has 0 heterocycles. The molecule has 0 aromatic carbocycles. The Morgan fingerprint density at radius 1 is 1.57 bits per heavy atom. The van der Waals surface area contributed by atoms with E-state index in [-0.39, 0.29) is 0 Å². The molecule has 0 bridgehead atoms. The molecule has 0 saturated carbocycles. The lowest BCUT2D eigenvalue weighted by Crippen LogP contribution is -1.96. The molecule has 0 rings (SSSR count). The molecule has 0 atom stereocenters. The van der Waals surface area contributed by atoms with Crippen LogP contribution in [-0.4, -0.2) is 30.4 Å². The van der Waals surface area contributed by atoms with Crippen molar-refractivity contribution in [2.45, 2.75) is 0 Å². The third-order valence-electron chi connectivity index (χ3n) is 0.226. The third-order valence-corrected chi connectivity index (χ3v) is 0.677. The molecule has 0 N–H and O–H groups in total. The number of rotatable bonds is 2. The van der Waals surface area contributed by atoms with Crippen LogP contribution in [0.4, 0.5) is 0 Å². The van der Waals surface area contributed by atoms with Crippen molar-refractivity contribution >= 4 is 37.2 Å². The van der Waals surface area contributed by atoms with E-state index in [2.05, 4.69) is 12.6 Å². The summed E-state index contributed by atoms with van der Waals surface area (Å²) in [5, 5.41) is 0. The second kappa shape index (κ2) is 2.68. The van der Waals surface area contributed by atoms with Gasteiger partial charge in [0, 0.05) is 0 Å². The zero-order valence-electron chi connectivity index (χ0n) is 3.57. The Labute approximate surface area is 47.2 Å². The van der Waals surface area contributed by atoms with Gasteiger partial charge in [-0.1, -0.05) is 0 Å². The van der Waals surface area contributed by atoms with Gasteiger partial charge in [0.05, 0.1) is 0 Å². The van der Waals surface area contributed by atoms with Gasteiger partial charge in [-0.05, 0) is 6.78 Å². The van der Waals surface area contributed by atoms with Crippen molar-refractivity contribution in [1.82, 2.24) is 0 Å². The summed E-state index contributed by atoms with van der Waals surface area (Å²) in [5.41, 5.74) is 0. The van der Waals surface area contributed by atoms with Crippen LogP contribution in [0.15, 0.2) is 0 Å². The zero-order valence-corrected chi connectivity index (χ0v) is 4.47. The van der Waals surface area contributed by atoms with E-state index in [0.29, 0.717) is 7.20 Å². The smallest absolute Gasteiger partial charge is 0.328 e. The molecule has 0 aliphatic heterocycles. The predicted molar refractivity (Wildman–Crippen MR) is 31.7 cm³/mol. The van der Waals surface area contributed by atoms with Crippen molar-refractivity contribution in [3.8, 4) is 0 Å². The Morgan fingerprint density at radius 3 is 2.00 bits per heavy atom. The minimum Gasteiger partial charge on any atom is -0.505 e. The molecular formula is B4O2P. The average molecular weight is 106 g/mol. The van der Waals surface area contributed by atoms with Crippen LogP contribution in [0, 0.1) is 0 Å². The summed E-state index contributed by atoms with van der Waals surface area (Å²) in [4.78, 5) is 0. The SMILES string of the molecule is [B]O[B]P([B])([B])=O. The van der Waals surface area contributed by atoms with Gasteiger partial charge in [-0.3, -0.25) is 0 Å². The molecule has 29 valence electrons. The van der Waals surface area contributed by atoms with E-state index in [1.54, 1.807) is 0 Å². The Hall–Kier alpha value is 0.450.